The molecule has 5 N–H and O–H groups in total. The fourth-order valence-corrected chi connectivity index (χ4v) is 2.29. The highest BCUT2D eigenvalue weighted by Gasteiger charge is 2.09. The van der Waals surface area contributed by atoms with Crippen molar-refractivity contribution in [3.05, 3.63) is 28.8 Å². The van der Waals surface area contributed by atoms with Crippen molar-refractivity contribution in [2.75, 3.05) is 18.4 Å². The van der Waals surface area contributed by atoms with Gasteiger partial charge in [0, 0.05) is 18.7 Å². The van der Waals surface area contributed by atoms with E-state index in [4.69, 9.17) is 5.73 Å². The normalized spacial score (nSPS) is 10.0. The third-order valence-corrected chi connectivity index (χ3v) is 3.27. The average molecular weight is 320 g/mol. The summed E-state index contributed by atoms with van der Waals surface area (Å²) < 4.78 is 0. The molecule has 0 saturated carbocycles. The second-order valence-corrected chi connectivity index (χ2v) is 5.49. The Kier molecular flexibility index (Phi) is 7.05. The number of aryl methyl sites for hydroxylation is 3. The number of anilines is 1. The highest BCUT2D eigenvalue weighted by Crippen LogP contribution is 2.21. The molecule has 0 fully saturated rings. The van der Waals surface area contributed by atoms with Crippen LogP contribution in [-0.4, -0.2) is 30.9 Å². The minimum atomic E-state index is -0.617. The molecule has 1 rings (SSSR count). The van der Waals surface area contributed by atoms with Gasteiger partial charge in [0.15, 0.2) is 0 Å². The summed E-state index contributed by atoms with van der Waals surface area (Å²) in [7, 11) is 0. The van der Waals surface area contributed by atoms with Gasteiger partial charge < -0.3 is 21.7 Å². The number of nitrogens with one attached hydrogen (secondary N) is 3. The van der Waals surface area contributed by atoms with Crippen molar-refractivity contribution >= 4 is 23.5 Å². The van der Waals surface area contributed by atoms with E-state index in [9.17, 15) is 14.4 Å². The van der Waals surface area contributed by atoms with Gasteiger partial charge in [-0.25, -0.2) is 4.79 Å². The fourth-order valence-electron chi connectivity index (χ4n) is 2.29. The summed E-state index contributed by atoms with van der Waals surface area (Å²) in [5.74, 6) is -0.521. The molecule has 4 amide bonds. The molecule has 0 atom stereocenters. The number of urea groups is 1. The van der Waals surface area contributed by atoms with Crippen LogP contribution in [0.2, 0.25) is 0 Å². The van der Waals surface area contributed by atoms with Gasteiger partial charge in [-0.05, 0) is 38.3 Å². The Morgan fingerprint density at radius 2 is 1.61 bits per heavy atom. The van der Waals surface area contributed by atoms with E-state index in [1.165, 1.54) is 0 Å². The maximum Gasteiger partial charge on any atom is 0.312 e. The van der Waals surface area contributed by atoms with Crippen LogP contribution in [-0.2, 0) is 9.59 Å². The molecule has 23 heavy (non-hydrogen) atoms. The first kappa shape index (κ1) is 18.5. The summed E-state index contributed by atoms with van der Waals surface area (Å²) >= 11 is 0. The molecule has 0 radical (unpaired) electrons. The zero-order valence-corrected chi connectivity index (χ0v) is 13.8. The molecule has 126 valence electrons. The first-order valence-electron chi connectivity index (χ1n) is 7.47. The van der Waals surface area contributed by atoms with Crippen molar-refractivity contribution in [2.45, 2.75) is 33.6 Å². The van der Waals surface area contributed by atoms with Crippen molar-refractivity contribution < 1.29 is 14.4 Å². The summed E-state index contributed by atoms with van der Waals surface area (Å²) in [6, 6.07) is 3.37. The van der Waals surface area contributed by atoms with Gasteiger partial charge in [0.05, 0.1) is 6.54 Å². The minimum Gasteiger partial charge on any atom is -0.352 e. The first-order chi connectivity index (χ1) is 10.8. The molecule has 0 unspecified atom stereocenters. The van der Waals surface area contributed by atoms with E-state index in [0.717, 1.165) is 22.4 Å². The van der Waals surface area contributed by atoms with E-state index in [-0.39, 0.29) is 24.8 Å². The highest BCUT2D eigenvalue weighted by molar-refractivity contribution is 5.95. The van der Waals surface area contributed by atoms with Gasteiger partial charge in [-0.3, -0.25) is 9.59 Å². The number of carbonyl (C=O) groups is 3. The van der Waals surface area contributed by atoms with Crippen LogP contribution in [0.5, 0.6) is 0 Å². The Bertz CT molecular complexity index is 576. The predicted molar refractivity (Wildman–Crippen MR) is 89.1 cm³/mol. The molecule has 1 aromatic carbocycles. The standard InChI is InChI=1S/C16H24N4O3/c1-10-7-11(2)15(12(3)8-10)20-14(22)9-19-13(21)5-4-6-18-16(17)23/h7-8H,4-6,9H2,1-3H3,(H,19,21)(H,20,22)(H3,17,18,23). The molecule has 0 spiro atoms. The van der Waals surface area contributed by atoms with Crippen molar-refractivity contribution in [3.8, 4) is 0 Å². The molecular weight excluding hydrogens is 296 g/mol. The zero-order valence-electron chi connectivity index (χ0n) is 13.8. The van der Waals surface area contributed by atoms with Crippen LogP contribution in [0.15, 0.2) is 12.1 Å². The van der Waals surface area contributed by atoms with Gasteiger partial charge in [0.25, 0.3) is 0 Å². The summed E-state index contributed by atoms with van der Waals surface area (Å²) in [6.45, 7) is 6.10. The molecule has 0 aliphatic rings. The molecule has 7 nitrogen and oxygen atoms in total. The number of primary amides is 1. The Hall–Kier alpha value is -2.57. The number of hydrogen-bond acceptors (Lipinski definition) is 3. The number of nitrogens with two attached hydrogens (primary N) is 1. The van der Waals surface area contributed by atoms with Crippen LogP contribution in [0.1, 0.15) is 29.5 Å². The van der Waals surface area contributed by atoms with Crippen molar-refractivity contribution in [2.24, 2.45) is 5.73 Å². The summed E-state index contributed by atoms with van der Waals surface area (Å²) in [5.41, 5.74) is 8.80. The molecule has 0 heterocycles. The molecule has 0 aliphatic carbocycles. The van der Waals surface area contributed by atoms with Crippen LogP contribution in [0, 0.1) is 20.8 Å². The smallest absolute Gasteiger partial charge is 0.312 e. The Morgan fingerprint density at radius 3 is 2.17 bits per heavy atom. The topological polar surface area (TPSA) is 113 Å². The molecular formula is C16H24N4O3. The van der Waals surface area contributed by atoms with Gasteiger partial charge in [0.1, 0.15) is 0 Å². The third-order valence-electron chi connectivity index (χ3n) is 3.27. The first-order valence-corrected chi connectivity index (χ1v) is 7.47. The van der Waals surface area contributed by atoms with E-state index >= 15 is 0 Å². The van der Waals surface area contributed by atoms with Gasteiger partial charge in [-0.2, -0.15) is 0 Å². The van der Waals surface area contributed by atoms with Crippen molar-refractivity contribution in [1.82, 2.24) is 10.6 Å². The van der Waals surface area contributed by atoms with E-state index in [1.54, 1.807) is 0 Å². The molecule has 7 heteroatoms. The maximum absolute atomic E-state index is 11.9. The van der Waals surface area contributed by atoms with Gasteiger partial charge >= 0.3 is 6.03 Å². The largest absolute Gasteiger partial charge is 0.352 e. The van der Waals surface area contributed by atoms with Crippen molar-refractivity contribution in [1.29, 1.82) is 0 Å². The number of benzene rings is 1. The SMILES string of the molecule is Cc1cc(C)c(NC(=O)CNC(=O)CCCNC(N)=O)c(C)c1. The van der Waals surface area contributed by atoms with E-state index in [0.29, 0.717) is 13.0 Å². The summed E-state index contributed by atoms with van der Waals surface area (Å²) in [4.78, 5) is 34.0. The van der Waals surface area contributed by atoms with E-state index < -0.39 is 6.03 Å². The lowest BCUT2D eigenvalue weighted by atomic mass is 10.1. The second-order valence-electron chi connectivity index (χ2n) is 5.49. The zero-order chi connectivity index (χ0) is 17.4. The quantitative estimate of drug-likeness (QED) is 0.564. The maximum atomic E-state index is 11.9. The Morgan fingerprint density at radius 1 is 1.00 bits per heavy atom. The number of carbonyl (C=O) groups excluding carboxylic acids is 3. The Balaban J connectivity index is 2.37. The van der Waals surface area contributed by atoms with Gasteiger partial charge in [0.2, 0.25) is 11.8 Å². The van der Waals surface area contributed by atoms with Crippen LogP contribution < -0.4 is 21.7 Å². The summed E-state index contributed by atoms with van der Waals surface area (Å²) in [5, 5.41) is 7.76. The second kappa shape index (κ2) is 8.77. The van der Waals surface area contributed by atoms with Gasteiger partial charge in [-0.1, -0.05) is 17.7 Å². The van der Waals surface area contributed by atoms with Crippen LogP contribution in [0.3, 0.4) is 0 Å². The molecule has 1 aromatic rings. The molecule has 0 bridgehead atoms. The van der Waals surface area contributed by atoms with E-state index in [2.05, 4.69) is 16.0 Å². The monoisotopic (exact) mass is 320 g/mol. The lowest BCUT2D eigenvalue weighted by Crippen LogP contribution is -2.34. The average Bonchev–Trinajstić information content (AvgIpc) is 2.45. The van der Waals surface area contributed by atoms with E-state index in [1.807, 2.05) is 32.9 Å². The lowest BCUT2D eigenvalue weighted by Gasteiger charge is -2.13. The van der Waals surface area contributed by atoms with Crippen LogP contribution in [0.4, 0.5) is 10.5 Å². The van der Waals surface area contributed by atoms with Crippen molar-refractivity contribution in [3.63, 3.8) is 0 Å². The highest BCUT2D eigenvalue weighted by atomic mass is 16.2. The van der Waals surface area contributed by atoms with Crippen LogP contribution in [0.25, 0.3) is 0 Å². The van der Waals surface area contributed by atoms with Gasteiger partial charge in [-0.15, -0.1) is 0 Å². The minimum absolute atomic E-state index is 0.0885. The fraction of sp³-hybridized carbons (Fsp3) is 0.438. The number of rotatable bonds is 7. The predicted octanol–water partition coefficient (Wildman–Crippen LogP) is 1.12. The summed E-state index contributed by atoms with van der Waals surface area (Å²) in [6.07, 6.45) is 0.683. The molecule has 0 aromatic heterocycles. The number of amides is 4. The lowest BCUT2D eigenvalue weighted by molar-refractivity contribution is -0.124. The number of hydrogen-bond donors (Lipinski definition) is 4. The molecule has 0 aliphatic heterocycles. The third kappa shape index (κ3) is 6.82. The Labute approximate surface area is 136 Å². The molecule has 0 saturated heterocycles. The van der Waals surface area contributed by atoms with Crippen LogP contribution >= 0.6 is 0 Å².